The van der Waals surface area contributed by atoms with Crippen LogP contribution in [0, 0.1) is 0 Å². The van der Waals surface area contributed by atoms with Gasteiger partial charge in [0.2, 0.25) is 5.43 Å². The summed E-state index contributed by atoms with van der Waals surface area (Å²) in [4.78, 5) is 56.4. The van der Waals surface area contributed by atoms with E-state index in [1.54, 1.807) is 11.3 Å². The van der Waals surface area contributed by atoms with Gasteiger partial charge in [-0.15, -0.1) is 11.3 Å². The van der Waals surface area contributed by atoms with Crippen molar-refractivity contribution in [3.63, 3.8) is 0 Å². The second-order valence-electron chi connectivity index (χ2n) is 6.98. The number of H-pyrrole nitrogens is 1. The van der Waals surface area contributed by atoms with Crippen molar-refractivity contribution in [3.05, 3.63) is 62.0 Å². The molecule has 0 aromatic carbocycles. The van der Waals surface area contributed by atoms with Crippen LogP contribution in [0.25, 0.3) is 0 Å². The van der Waals surface area contributed by atoms with Crippen LogP contribution in [0.2, 0.25) is 0 Å². The molecule has 3 amide bonds. The molecule has 0 unspecified atom stereocenters. The number of likely N-dealkylation sites (N-methyl/N-ethyl adjacent to an activating group) is 1. The normalized spacial score (nSPS) is 14.9. The summed E-state index contributed by atoms with van der Waals surface area (Å²) in [5.74, 6) is -1.52. The van der Waals surface area contributed by atoms with E-state index in [1.807, 2.05) is 24.4 Å². The number of aromatic amines is 1. The molecule has 10 heteroatoms. The molecule has 0 radical (unpaired) electrons. The first-order chi connectivity index (χ1) is 14.3. The van der Waals surface area contributed by atoms with Gasteiger partial charge in [0.05, 0.1) is 6.04 Å². The molecule has 3 heterocycles. The molecule has 158 valence electrons. The third-order valence-corrected chi connectivity index (χ3v) is 5.73. The number of anilines is 1. The van der Waals surface area contributed by atoms with E-state index in [9.17, 15) is 19.2 Å². The Morgan fingerprint density at radius 1 is 1.20 bits per heavy atom. The lowest BCUT2D eigenvalue weighted by Gasteiger charge is -2.18. The fourth-order valence-corrected chi connectivity index (χ4v) is 3.90. The highest BCUT2D eigenvalue weighted by atomic mass is 32.1. The van der Waals surface area contributed by atoms with Crippen LogP contribution in [0.15, 0.2) is 46.1 Å². The average molecular weight is 430 g/mol. The fourth-order valence-electron chi connectivity index (χ4n) is 3.04. The first-order valence-corrected chi connectivity index (χ1v) is 10.2. The van der Waals surface area contributed by atoms with Crippen molar-refractivity contribution in [1.29, 1.82) is 0 Å². The SMILES string of the molecule is CC[C@@H](NC1=C(Nc2c[nH]cc(C(=O)N(C)C)c2=O)C(=O)N(C)C1=O)c1cccs1. The lowest BCUT2D eigenvalue weighted by molar-refractivity contribution is -0.136. The summed E-state index contributed by atoms with van der Waals surface area (Å²) in [7, 11) is 4.45. The summed E-state index contributed by atoms with van der Waals surface area (Å²) in [6.45, 7) is 1.97. The predicted octanol–water partition coefficient (Wildman–Crippen LogP) is 1.50. The number of amides is 3. The van der Waals surface area contributed by atoms with Crippen molar-refractivity contribution in [1.82, 2.24) is 20.1 Å². The van der Waals surface area contributed by atoms with Gasteiger partial charge in [0.25, 0.3) is 17.7 Å². The predicted molar refractivity (Wildman–Crippen MR) is 114 cm³/mol. The van der Waals surface area contributed by atoms with Crippen LogP contribution < -0.4 is 16.1 Å². The fraction of sp³-hybridized carbons (Fsp3) is 0.300. The van der Waals surface area contributed by atoms with Gasteiger partial charge in [-0.25, -0.2) is 0 Å². The molecule has 0 saturated carbocycles. The van der Waals surface area contributed by atoms with Gasteiger partial charge in [0.1, 0.15) is 22.6 Å². The van der Waals surface area contributed by atoms with Gasteiger partial charge in [-0.3, -0.25) is 24.1 Å². The minimum atomic E-state index is -0.570. The summed E-state index contributed by atoms with van der Waals surface area (Å²) in [5, 5.41) is 7.86. The van der Waals surface area contributed by atoms with E-state index < -0.39 is 23.2 Å². The lowest BCUT2D eigenvalue weighted by atomic mass is 10.1. The Hall–Kier alpha value is -3.40. The van der Waals surface area contributed by atoms with E-state index in [0.717, 1.165) is 9.78 Å². The average Bonchev–Trinajstić information content (AvgIpc) is 3.32. The molecule has 3 rings (SSSR count). The van der Waals surface area contributed by atoms with Gasteiger partial charge in [0.15, 0.2) is 0 Å². The maximum atomic E-state index is 12.8. The van der Waals surface area contributed by atoms with Gasteiger partial charge in [0, 0.05) is 38.4 Å². The van der Waals surface area contributed by atoms with Crippen LogP contribution in [0.1, 0.15) is 34.6 Å². The van der Waals surface area contributed by atoms with Crippen molar-refractivity contribution in [2.24, 2.45) is 0 Å². The standard InChI is InChI=1S/C20H23N5O4S/c1-5-12(14-7-6-8-30-14)22-15-16(20(29)25(4)19(15)28)23-13-10-21-9-11(17(13)26)18(27)24(2)3/h6-10,12,22-23H,5H2,1-4H3,(H,21,26)/t12-/m1/s1. The highest BCUT2D eigenvalue weighted by molar-refractivity contribution is 7.10. The maximum Gasteiger partial charge on any atom is 0.279 e. The number of hydrogen-bond donors (Lipinski definition) is 3. The highest BCUT2D eigenvalue weighted by Gasteiger charge is 2.37. The van der Waals surface area contributed by atoms with Crippen molar-refractivity contribution < 1.29 is 14.4 Å². The van der Waals surface area contributed by atoms with Crippen LogP contribution in [0.5, 0.6) is 0 Å². The number of aromatic nitrogens is 1. The molecule has 2 aromatic rings. The van der Waals surface area contributed by atoms with Crippen LogP contribution in [-0.2, 0) is 9.59 Å². The molecule has 9 nitrogen and oxygen atoms in total. The number of carbonyl (C=O) groups is 3. The number of carbonyl (C=O) groups excluding carboxylic acids is 3. The van der Waals surface area contributed by atoms with E-state index in [2.05, 4.69) is 15.6 Å². The molecular weight excluding hydrogens is 406 g/mol. The van der Waals surface area contributed by atoms with Gasteiger partial charge in [-0.1, -0.05) is 13.0 Å². The Bertz CT molecular complexity index is 1070. The van der Waals surface area contributed by atoms with Crippen molar-refractivity contribution in [2.75, 3.05) is 26.5 Å². The van der Waals surface area contributed by atoms with E-state index in [4.69, 9.17) is 0 Å². The first kappa shape index (κ1) is 21.3. The zero-order valence-electron chi connectivity index (χ0n) is 17.1. The molecule has 0 bridgehead atoms. The van der Waals surface area contributed by atoms with E-state index in [1.165, 1.54) is 38.4 Å². The zero-order chi connectivity index (χ0) is 22.0. The number of nitrogens with one attached hydrogen (secondary N) is 3. The van der Waals surface area contributed by atoms with Crippen molar-refractivity contribution >= 4 is 34.7 Å². The summed E-state index contributed by atoms with van der Waals surface area (Å²) in [6.07, 6.45) is 3.35. The first-order valence-electron chi connectivity index (χ1n) is 9.32. The summed E-state index contributed by atoms with van der Waals surface area (Å²) in [5.41, 5.74) is -0.587. The Balaban J connectivity index is 2.00. The van der Waals surface area contributed by atoms with Crippen molar-refractivity contribution in [2.45, 2.75) is 19.4 Å². The minimum Gasteiger partial charge on any atom is -0.371 e. The molecule has 0 fully saturated rings. The smallest absolute Gasteiger partial charge is 0.279 e. The molecule has 30 heavy (non-hydrogen) atoms. The molecule has 0 spiro atoms. The van der Waals surface area contributed by atoms with E-state index >= 15 is 0 Å². The second-order valence-corrected chi connectivity index (χ2v) is 7.96. The van der Waals surface area contributed by atoms with Crippen LogP contribution in [0.4, 0.5) is 5.69 Å². The van der Waals surface area contributed by atoms with E-state index in [-0.39, 0.29) is 28.7 Å². The summed E-state index contributed by atoms with van der Waals surface area (Å²) in [6, 6.07) is 3.70. The van der Waals surface area contributed by atoms with Crippen molar-refractivity contribution in [3.8, 4) is 0 Å². The Labute approximate surface area is 177 Å². The molecule has 1 aliphatic rings. The van der Waals surface area contributed by atoms with Gasteiger partial charge in [-0.2, -0.15) is 0 Å². The summed E-state index contributed by atoms with van der Waals surface area (Å²) < 4.78 is 0. The monoisotopic (exact) mass is 429 g/mol. The van der Waals surface area contributed by atoms with Gasteiger partial charge in [-0.05, 0) is 17.9 Å². The highest BCUT2D eigenvalue weighted by Crippen LogP contribution is 2.26. The van der Waals surface area contributed by atoms with Crippen LogP contribution >= 0.6 is 11.3 Å². The molecule has 3 N–H and O–H groups in total. The zero-order valence-corrected chi connectivity index (χ0v) is 17.9. The number of thiophene rings is 1. The van der Waals surface area contributed by atoms with Gasteiger partial charge < -0.3 is 20.5 Å². The Kier molecular flexibility index (Phi) is 6.06. The minimum absolute atomic E-state index is 0.00220. The molecular formula is C20H23N5O4S. The second kappa shape index (κ2) is 8.54. The molecule has 1 atom stereocenters. The number of nitrogens with zero attached hydrogens (tertiary/aromatic N) is 2. The molecule has 2 aromatic heterocycles. The Morgan fingerprint density at radius 3 is 2.50 bits per heavy atom. The number of hydrogen-bond acceptors (Lipinski definition) is 7. The maximum absolute atomic E-state index is 12.8. The Morgan fingerprint density at radius 2 is 1.90 bits per heavy atom. The molecule has 1 aliphatic heterocycles. The van der Waals surface area contributed by atoms with Crippen LogP contribution in [-0.4, -0.2) is 53.6 Å². The molecule has 0 aliphatic carbocycles. The summed E-state index contributed by atoms with van der Waals surface area (Å²) >= 11 is 1.54. The third-order valence-electron chi connectivity index (χ3n) is 4.74. The number of imide groups is 1. The lowest BCUT2D eigenvalue weighted by Crippen LogP contribution is -2.31. The molecule has 0 saturated heterocycles. The largest absolute Gasteiger partial charge is 0.371 e. The quantitative estimate of drug-likeness (QED) is 0.575. The third kappa shape index (κ3) is 3.86. The number of pyridine rings is 1. The van der Waals surface area contributed by atoms with Crippen LogP contribution in [0.3, 0.4) is 0 Å². The number of rotatable bonds is 7. The van der Waals surface area contributed by atoms with Gasteiger partial charge >= 0.3 is 0 Å². The van der Waals surface area contributed by atoms with E-state index in [0.29, 0.717) is 6.42 Å². The topological polar surface area (TPSA) is 115 Å².